The van der Waals surface area contributed by atoms with Crippen LogP contribution in [-0.2, 0) is 0 Å². The van der Waals surface area contributed by atoms with E-state index in [9.17, 15) is 0 Å². The molecule has 84 valence electrons. The van der Waals surface area contributed by atoms with Crippen molar-refractivity contribution in [2.75, 3.05) is 6.54 Å². The summed E-state index contributed by atoms with van der Waals surface area (Å²) in [5.41, 5.74) is 0.602. The van der Waals surface area contributed by atoms with Crippen molar-refractivity contribution in [1.82, 2.24) is 5.32 Å². The highest BCUT2D eigenvalue weighted by Gasteiger charge is 2.28. The van der Waals surface area contributed by atoms with Crippen molar-refractivity contribution in [2.45, 2.75) is 65.8 Å². The summed E-state index contributed by atoms with van der Waals surface area (Å²) in [6.07, 6.45) is 7.03. The molecule has 0 heterocycles. The van der Waals surface area contributed by atoms with E-state index in [1.807, 2.05) is 0 Å². The molecular weight excluding hydrogens is 170 g/mol. The minimum absolute atomic E-state index is 0.602. The average Bonchev–Trinajstić information content (AvgIpc) is 2.49. The van der Waals surface area contributed by atoms with Crippen molar-refractivity contribution < 1.29 is 0 Å². The first-order valence-electron chi connectivity index (χ1n) is 6.25. The van der Waals surface area contributed by atoms with Crippen LogP contribution in [0.4, 0.5) is 0 Å². The van der Waals surface area contributed by atoms with E-state index in [-0.39, 0.29) is 0 Å². The Labute approximate surface area is 89.7 Å². The van der Waals surface area contributed by atoms with E-state index in [0.29, 0.717) is 11.5 Å². The smallest absolute Gasteiger partial charge is 0.00413 e. The molecule has 0 bridgehead atoms. The Morgan fingerprint density at radius 2 is 1.71 bits per heavy atom. The second-order valence-electron chi connectivity index (χ2n) is 5.93. The van der Waals surface area contributed by atoms with E-state index in [4.69, 9.17) is 0 Å². The van der Waals surface area contributed by atoms with Crippen LogP contribution in [0.5, 0.6) is 0 Å². The van der Waals surface area contributed by atoms with Crippen LogP contribution in [0.25, 0.3) is 0 Å². The molecule has 1 nitrogen and oxygen atoms in total. The Morgan fingerprint density at radius 1 is 1.14 bits per heavy atom. The van der Waals surface area contributed by atoms with Crippen LogP contribution >= 0.6 is 0 Å². The Bertz CT molecular complexity index is 157. The van der Waals surface area contributed by atoms with Gasteiger partial charge in [0.15, 0.2) is 0 Å². The summed E-state index contributed by atoms with van der Waals surface area (Å²) in [6, 6.07) is 0.687. The highest BCUT2D eigenvalue weighted by atomic mass is 14.9. The first kappa shape index (κ1) is 12.0. The normalized spacial score (nSPS) is 22.9. The summed E-state index contributed by atoms with van der Waals surface area (Å²) in [5, 5.41) is 3.70. The third-order valence-corrected chi connectivity index (χ3v) is 3.51. The van der Waals surface area contributed by atoms with Crippen molar-refractivity contribution in [3.8, 4) is 0 Å². The number of hydrogen-bond acceptors (Lipinski definition) is 1. The Hall–Kier alpha value is -0.0400. The van der Waals surface area contributed by atoms with Crippen LogP contribution in [0.1, 0.15) is 59.8 Å². The summed E-state index contributed by atoms with van der Waals surface area (Å²) < 4.78 is 0. The molecule has 1 atom stereocenters. The molecule has 1 fully saturated rings. The number of nitrogens with one attached hydrogen (secondary N) is 1. The van der Waals surface area contributed by atoms with E-state index >= 15 is 0 Å². The first-order chi connectivity index (χ1) is 6.52. The van der Waals surface area contributed by atoms with Crippen LogP contribution in [0.3, 0.4) is 0 Å². The van der Waals surface area contributed by atoms with E-state index in [1.165, 1.54) is 38.6 Å². The lowest BCUT2D eigenvalue weighted by Gasteiger charge is -2.27. The first-order valence-corrected chi connectivity index (χ1v) is 6.25. The summed E-state index contributed by atoms with van der Waals surface area (Å²) in [5.74, 6) is 0.814. The Morgan fingerprint density at radius 3 is 2.21 bits per heavy atom. The fourth-order valence-corrected chi connectivity index (χ4v) is 2.62. The van der Waals surface area contributed by atoms with Crippen molar-refractivity contribution in [3.05, 3.63) is 0 Å². The summed E-state index contributed by atoms with van der Waals surface area (Å²) >= 11 is 0. The Kier molecular flexibility index (Phi) is 4.43. The molecule has 0 spiro atoms. The van der Waals surface area contributed by atoms with Crippen molar-refractivity contribution in [1.29, 1.82) is 0 Å². The summed E-state index contributed by atoms with van der Waals surface area (Å²) in [7, 11) is 0. The molecule has 1 saturated carbocycles. The van der Waals surface area contributed by atoms with E-state index in [2.05, 4.69) is 33.0 Å². The maximum Gasteiger partial charge on any atom is 0.00413 e. The molecular formula is C13H27N. The molecule has 0 saturated heterocycles. The van der Waals surface area contributed by atoms with Gasteiger partial charge in [0.25, 0.3) is 0 Å². The molecule has 0 amide bonds. The molecule has 1 heteroatoms. The van der Waals surface area contributed by atoms with Gasteiger partial charge >= 0.3 is 0 Å². The standard InChI is InChI=1S/C13H27N/c1-11(2)9-12(3)14-10-13(4)7-5-6-8-13/h11-12,14H,5-10H2,1-4H3. The third-order valence-electron chi connectivity index (χ3n) is 3.51. The van der Waals surface area contributed by atoms with Gasteiger partial charge in [-0.05, 0) is 37.5 Å². The molecule has 0 radical (unpaired) electrons. The van der Waals surface area contributed by atoms with Gasteiger partial charge in [0.05, 0.1) is 0 Å². The van der Waals surface area contributed by atoms with Crippen molar-refractivity contribution in [3.63, 3.8) is 0 Å². The molecule has 0 aromatic heterocycles. The van der Waals surface area contributed by atoms with Gasteiger partial charge in [-0.1, -0.05) is 33.6 Å². The molecule has 1 rings (SSSR count). The molecule has 14 heavy (non-hydrogen) atoms. The second kappa shape index (κ2) is 5.16. The zero-order chi connectivity index (χ0) is 10.6. The minimum Gasteiger partial charge on any atom is -0.314 e. The van der Waals surface area contributed by atoms with Gasteiger partial charge in [0.1, 0.15) is 0 Å². The zero-order valence-corrected chi connectivity index (χ0v) is 10.4. The highest BCUT2D eigenvalue weighted by molar-refractivity contribution is 4.83. The lowest BCUT2D eigenvalue weighted by molar-refractivity contribution is 0.290. The SMILES string of the molecule is CC(C)CC(C)NCC1(C)CCCC1. The predicted octanol–water partition coefficient (Wildman–Crippen LogP) is 3.59. The van der Waals surface area contributed by atoms with Gasteiger partial charge < -0.3 is 5.32 Å². The van der Waals surface area contributed by atoms with Gasteiger partial charge in [-0.3, -0.25) is 0 Å². The maximum absolute atomic E-state index is 3.70. The quantitative estimate of drug-likeness (QED) is 0.710. The molecule has 0 aromatic rings. The van der Waals surface area contributed by atoms with E-state index < -0.39 is 0 Å². The number of hydrogen-bond donors (Lipinski definition) is 1. The lowest BCUT2D eigenvalue weighted by atomic mass is 9.88. The number of rotatable bonds is 5. The largest absolute Gasteiger partial charge is 0.314 e. The topological polar surface area (TPSA) is 12.0 Å². The molecule has 0 aromatic carbocycles. The predicted molar refractivity (Wildman–Crippen MR) is 63.5 cm³/mol. The molecule has 0 aliphatic heterocycles. The monoisotopic (exact) mass is 197 g/mol. The summed E-state index contributed by atoms with van der Waals surface area (Å²) in [6.45, 7) is 10.6. The molecule has 1 aliphatic rings. The molecule has 1 aliphatic carbocycles. The minimum atomic E-state index is 0.602. The van der Waals surface area contributed by atoms with Crippen LogP contribution in [0, 0.1) is 11.3 Å². The van der Waals surface area contributed by atoms with E-state index in [0.717, 1.165) is 5.92 Å². The Balaban J connectivity index is 2.18. The van der Waals surface area contributed by atoms with E-state index in [1.54, 1.807) is 0 Å². The summed E-state index contributed by atoms with van der Waals surface area (Å²) in [4.78, 5) is 0. The fraction of sp³-hybridized carbons (Fsp3) is 1.00. The fourth-order valence-electron chi connectivity index (χ4n) is 2.62. The maximum atomic E-state index is 3.70. The van der Waals surface area contributed by atoms with Crippen LogP contribution < -0.4 is 5.32 Å². The van der Waals surface area contributed by atoms with Crippen molar-refractivity contribution in [2.24, 2.45) is 11.3 Å². The third kappa shape index (κ3) is 4.00. The van der Waals surface area contributed by atoms with Crippen LogP contribution in [0.15, 0.2) is 0 Å². The van der Waals surface area contributed by atoms with Gasteiger partial charge in [-0.15, -0.1) is 0 Å². The van der Waals surface area contributed by atoms with Gasteiger partial charge in [0, 0.05) is 12.6 Å². The van der Waals surface area contributed by atoms with Crippen LogP contribution in [-0.4, -0.2) is 12.6 Å². The molecule has 1 N–H and O–H groups in total. The van der Waals surface area contributed by atoms with Gasteiger partial charge in [-0.2, -0.15) is 0 Å². The average molecular weight is 197 g/mol. The lowest BCUT2D eigenvalue weighted by Crippen LogP contribution is -2.36. The van der Waals surface area contributed by atoms with Crippen molar-refractivity contribution >= 4 is 0 Å². The second-order valence-corrected chi connectivity index (χ2v) is 5.93. The van der Waals surface area contributed by atoms with Gasteiger partial charge in [0.2, 0.25) is 0 Å². The van der Waals surface area contributed by atoms with Crippen LogP contribution in [0.2, 0.25) is 0 Å². The van der Waals surface area contributed by atoms with Gasteiger partial charge in [-0.25, -0.2) is 0 Å². The molecule has 1 unspecified atom stereocenters. The zero-order valence-electron chi connectivity index (χ0n) is 10.4. The highest BCUT2D eigenvalue weighted by Crippen LogP contribution is 2.36.